The average molecular weight is 396 g/mol. The van der Waals surface area contributed by atoms with E-state index in [4.69, 9.17) is 0 Å². The summed E-state index contributed by atoms with van der Waals surface area (Å²) in [5, 5.41) is 39.8. The summed E-state index contributed by atoms with van der Waals surface area (Å²) < 4.78 is 69.4. The second-order valence-corrected chi connectivity index (χ2v) is 6.21. The molecule has 0 fully saturated rings. The number of phenolic OH excluding ortho intramolecular Hbond substituents is 4. The number of benzene rings is 3. The molecule has 0 aromatic heterocycles. The number of phenols is 4. The van der Waals surface area contributed by atoms with E-state index in [0.717, 1.165) is 6.07 Å². The van der Waals surface area contributed by atoms with Gasteiger partial charge in [-0.1, -0.05) is 18.2 Å². The molecule has 0 saturated heterocycles. The molecular formula is C19H9F5O4. The third-order valence-electron chi connectivity index (χ3n) is 4.74. The summed E-state index contributed by atoms with van der Waals surface area (Å²) in [6.07, 6.45) is -0.124. The highest BCUT2D eigenvalue weighted by Gasteiger charge is 2.35. The third-order valence-corrected chi connectivity index (χ3v) is 4.74. The van der Waals surface area contributed by atoms with Crippen LogP contribution in [0.2, 0.25) is 0 Å². The van der Waals surface area contributed by atoms with Crippen LogP contribution in [0.25, 0.3) is 22.3 Å². The zero-order valence-corrected chi connectivity index (χ0v) is 13.6. The van der Waals surface area contributed by atoms with Crippen LogP contribution in [-0.2, 0) is 6.42 Å². The molecule has 0 spiro atoms. The van der Waals surface area contributed by atoms with Gasteiger partial charge in [-0.3, -0.25) is 0 Å². The Morgan fingerprint density at radius 3 is 1.71 bits per heavy atom. The number of hydrogen-bond donors (Lipinski definition) is 4. The van der Waals surface area contributed by atoms with Gasteiger partial charge in [0.05, 0.1) is 5.56 Å². The molecule has 0 amide bonds. The van der Waals surface area contributed by atoms with Gasteiger partial charge in [0.1, 0.15) is 0 Å². The second kappa shape index (κ2) is 5.75. The summed E-state index contributed by atoms with van der Waals surface area (Å²) in [4.78, 5) is 0. The molecule has 0 aliphatic heterocycles. The van der Waals surface area contributed by atoms with Gasteiger partial charge in [-0.05, 0) is 16.7 Å². The van der Waals surface area contributed by atoms with Crippen LogP contribution < -0.4 is 0 Å². The fourth-order valence-corrected chi connectivity index (χ4v) is 3.47. The van der Waals surface area contributed by atoms with E-state index < -0.39 is 63.2 Å². The van der Waals surface area contributed by atoms with Gasteiger partial charge < -0.3 is 20.4 Å². The van der Waals surface area contributed by atoms with Crippen LogP contribution in [0.1, 0.15) is 11.1 Å². The van der Waals surface area contributed by atoms with Crippen molar-refractivity contribution in [2.75, 3.05) is 0 Å². The summed E-state index contributed by atoms with van der Waals surface area (Å²) in [6, 6.07) is 3.82. The van der Waals surface area contributed by atoms with Crippen LogP contribution >= 0.6 is 0 Å². The van der Waals surface area contributed by atoms with Crippen LogP contribution in [0.15, 0.2) is 18.2 Å². The molecule has 0 saturated carbocycles. The molecule has 0 radical (unpaired) electrons. The Labute approximate surface area is 153 Å². The molecule has 0 unspecified atom stereocenters. The third kappa shape index (κ3) is 2.09. The summed E-state index contributed by atoms with van der Waals surface area (Å²) in [5.41, 5.74) is -1.87. The number of rotatable bonds is 1. The Hall–Kier alpha value is -3.49. The standard InChI is InChI=1S/C19H9F5O4/c20-11-10(12(21)14(23)15(24)13(11)22)6-3-1-2-5-4-7-9(8(5)6)17(26)19(28)18(27)16(7)25/h1-3,25-28H,4H2. The van der Waals surface area contributed by atoms with E-state index in [-0.39, 0.29) is 28.7 Å². The van der Waals surface area contributed by atoms with Gasteiger partial charge in [0, 0.05) is 17.5 Å². The zero-order chi connectivity index (χ0) is 20.5. The Bertz CT molecular complexity index is 1160. The fraction of sp³-hybridized carbons (Fsp3) is 0.0526. The molecule has 4 nitrogen and oxygen atoms in total. The van der Waals surface area contributed by atoms with Gasteiger partial charge in [0.25, 0.3) is 0 Å². The maximum atomic E-state index is 14.3. The number of aromatic hydroxyl groups is 4. The van der Waals surface area contributed by atoms with Crippen molar-refractivity contribution in [3.63, 3.8) is 0 Å². The normalized spacial score (nSPS) is 12.2. The lowest BCUT2D eigenvalue weighted by Crippen LogP contribution is -2.04. The van der Waals surface area contributed by atoms with Crippen molar-refractivity contribution in [1.29, 1.82) is 0 Å². The molecule has 1 aliphatic carbocycles. The first-order valence-corrected chi connectivity index (χ1v) is 7.79. The first-order chi connectivity index (χ1) is 13.2. The van der Waals surface area contributed by atoms with E-state index in [1.165, 1.54) is 12.1 Å². The summed E-state index contributed by atoms with van der Waals surface area (Å²) in [6.45, 7) is 0. The van der Waals surface area contributed by atoms with E-state index in [9.17, 15) is 42.4 Å². The van der Waals surface area contributed by atoms with Crippen LogP contribution in [0.3, 0.4) is 0 Å². The van der Waals surface area contributed by atoms with E-state index in [0.29, 0.717) is 0 Å². The Morgan fingerprint density at radius 1 is 0.571 bits per heavy atom. The Balaban J connectivity index is 2.14. The maximum absolute atomic E-state index is 14.3. The van der Waals surface area contributed by atoms with Gasteiger partial charge in [-0.2, -0.15) is 0 Å². The first-order valence-electron chi connectivity index (χ1n) is 7.79. The van der Waals surface area contributed by atoms with Gasteiger partial charge in [-0.25, -0.2) is 22.0 Å². The van der Waals surface area contributed by atoms with Gasteiger partial charge in [0.2, 0.25) is 17.3 Å². The minimum absolute atomic E-state index is 0.0703. The molecular weight excluding hydrogens is 387 g/mol. The molecule has 28 heavy (non-hydrogen) atoms. The van der Waals surface area contributed by atoms with E-state index in [1.807, 2.05) is 0 Å². The highest BCUT2D eigenvalue weighted by Crippen LogP contribution is 2.57. The monoisotopic (exact) mass is 396 g/mol. The minimum atomic E-state index is -2.31. The van der Waals surface area contributed by atoms with E-state index in [1.54, 1.807) is 0 Å². The molecule has 0 heterocycles. The predicted molar refractivity (Wildman–Crippen MR) is 86.6 cm³/mol. The van der Waals surface area contributed by atoms with Gasteiger partial charge >= 0.3 is 0 Å². The maximum Gasteiger partial charge on any atom is 0.204 e. The molecule has 144 valence electrons. The molecule has 4 rings (SSSR count). The predicted octanol–water partition coefficient (Wildman–Crippen LogP) is 4.44. The van der Waals surface area contributed by atoms with Crippen LogP contribution in [0, 0.1) is 29.1 Å². The highest BCUT2D eigenvalue weighted by atomic mass is 19.2. The lowest BCUT2D eigenvalue weighted by molar-refractivity contribution is 0.345. The molecule has 4 N–H and O–H groups in total. The van der Waals surface area contributed by atoms with Crippen molar-refractivity contribution >= 4 is 0 Å². The van der Waals surface area contributed by atoms with Crippen molar-refractivity contribution in [1.82, 2.24) is 0 Å². The van der Waals surface area contributed by atoms with Gasteiger partial charge in [-0.15, -0.1) is 0 Å². The van der Waals surface area contributed by atoms with Gasteiger partial charge in [0.15, 0.2) is 34.8 Å². The average Bonchev–Trinajstić information content (AvgIpc) is 3.08. The zero-order valence-electron chi connectivity index (χ0n) is 13.6. The van der Waals surface area contributed by atoms with Crippen LogP contribution in [0.5, 0.6) is 23.0 Å². The van der Waals surface area contributed by atoms with Crippen molar-refractivity contribution in [3.05, 3.63) is 58.4 Å². The van der Waals surface area contributed by atoms with Crippen molar-refractivity contribution in [2.45, 2.75) is 6.42 Å². The minimum Gasteiger partial charge on any atom is -0.504 e. The smallest absolute Gasteiger partial charge is 0.204 e. The van der Waals surface area contributed by atoms with Crippen molar-refractivity contribution in [2.24, 2.45) is 0 Å². The van der Waals surface area contributed by atoms with Crippen molar-refractivity contribution < 1.29 is 42.4 Å². The fourth-order valence-electron chi connectivity index (χ4n) is 3.47. The molecule has 0 atom stereocenters. The summed E-state index contributed by atoms with van der Waals surface area (Å²) >= 11 is 0. The number of hydrogen-bond acceptors (Lipinski definition) is 4. The second-order valence-electron chi connectivity index (χ2n) is 6.21. The van der Waals surface area contributed by atoms with E-state index in [2.05, 4.69) is 0 Å². The number of fused-ring (bicyclic) bond motifs is 3. The molecule has 0 bridgehead atoms. The lowest BCUT2D eigenvalue weighted by atomic mass is 9.92. The topological polar surface area (TPSA) is 80.9 Å². The lowest BCUT2D eigenvalue weighted by Gasteiger charge is -2.15. The quantitative estimate of drug-likeness (QED) is 0.126. The Kier molecular flexibility index (Phi) is 3.68. The van der Waals surface area contributed by atoms with Crippen molar-refractivity contribution in [3.8, 4) is 45.3 Å². The van der Waals surface area contributed by atoms with Crippen LogP contribution in [-0.4, -0.2) is 20.4 Å². The molecule has 9 heteroatoms. The molecule has 3 aromatic rings. The highest BCUT2D eigenvalue weighted by molar-refractivity contribution is 5.96. The first kappa shape index (κ1) is 17.9. The summed E-state index contributed by atoms with van der Waals surface area (Å²) in [5.74, 6) is -14.5. The molecule has 3 aromatic carbocycles. The Morgan fingerprint density at radius 2 is 1.11 bits per heavy atom. The SMILES string of the molecule is Oc1c(O)c(O)c2c(c1O)Cc1cccc(-c3c(F)c(F)c(F)c(F)c3F)c1-2. The van der Waals surface area contributed by atoms with E-state index >= 15 is 0 Å². The summed E-state index contributed by atoms with van der Waals surface area (Å²) in [7, 11) is 0. The molecule has 1 aliphatic rings. The number of halogens is 5. The largest absolute Gasteiger partial charge is 0.504 e. The van der Waals surface area contributed by atoms with Crippen LogP contribution in [0.4, 0.5) is 22.0 Å².